The van der Waals surface area contributed by atoms with E-state index in [9.17, 15) is 0 Å². The zero-order valence-corrected chi connectivity index (χ0v) is 11.5. The Balaban J connectivity index is 1.75. The Hall–Kier alpha value is -1.10. The molecule has 0 radical (unpaired) electrons. The van der Waals surface area contributed by atoms with Crippen LogP contribution in [0.25, 0.3) is 0 Å². The maximum absolute atomic E-state index is 5.50. The molecule has 1 aromatic rings. The van der Waals surface area contributed by atoms with Crippen LogP contribution in [-0.2, 0) is 17.7 Å². The molecule has 1 aliphatic carbocycles. The van der Waals surface area contributed by atoms with E-state index in [1.54, 1.807) is 7.11 Å². The van der Waals surface area contributed by atoms with E-state index >= 15 is 0 Å². The Labute approximate surface area is 114 Å². The van der Waals surface area contributed by atoms with E-state index in [0.717, 1.165) is 38.1 Å². The molecule has 0 spiro atoms. The summed E-state index contributed by atoms with van der Waals surface area (Å²) in [6, 6.07) is 6.98. The van der Waals surface area contributed by atoms with Crippen LogP contribution >= 0.6 is 0 Å². The van der Waals surface area contributed by atoms with Crippen molar-refractivity contribution in [2.24, 2.45) is 5.90 Å². The van der Waals surface area contributed by atoms with Gasteiger partial charge in [0.1, 0.15) is 5.75 Å². The lowest BCUT2D eigenvalue weighted by atomic mass is 9.87. The van der Waals surface area contributed by atoms with E-state index in [2.05, 4.69) is 23.1 Å². The number of aryl methyl sites for hydroxylation is 1. The molecule has 2 aliphatic rings. The van der Waals surface area contributed by atoms with Crippen molar-refractivity contribution >= 4 is 0 Å². The quantitative estimate of drug-likeness (QED) is 0.839. The lowest BCUT2D eigenvalue weighted by Crippen LogP contribution is -2.38. The first-order valence-corrected chi connectivity index (χ1v) is 7.06. The smallest absolute Gasteiger partial charge is 0.122 e. The second kappa shape index (κ2) is 5.49. The number of nitrogens with zero attached hydrogens (tertiary/aromatic N) is 1. The standard InChI is InChI=1S/C15H22N2O2/c1-18-15-4-2-3-11-5-6-12(9-14(11)15)17-8-7-13(10-17)19-16/h2-4,12-13H,5-10,16H2,1H3. The summed E-state index contributed by atoms with van der Waals surface area (Å²) >= 11 is 0. The predicted molar refractivity (Wildman–Crippen MR) is 74.1 cm³/mol. The Morgan fingerprint density at radius 3 is 2.95 bits per heavy atom. The number of benzene rings is 1. The van der Waals surface area contributed by atoms with E-state index in [0.29, 0.717) is 6.04 Å². The zero-order chi connectivity index (χ0) is 13.2. The van der Waals surface area contributed by atoms with Gasteiger partial charge in [0, 0.05) is 19.1 Å². The molecule has 1 aliphatic heterocycles. The fourth-order valence-corrected chi connectivity index (χ4v) is 3.44. The summed E-state index contributed by atoms with van der Waals surface area (Å²) in [4.78, 5) is 7.50. The largest absolute Gasteiger partial charge is 0.496 e. The van der Waals surface area contributed by atoms with E-state index in [1.165, 1.54) is 17.5 Å². The van der Waals surface area contributed by atoms with Crippen LogP contribution in [0.4, 0.5) is 0 Å². The molecule has 0 aromatic heterocycles. The number of fused-ring (bicyclic) bond motifs is 1. The molecule has 104 valence electrons. The van der Waals surface area contributed by atoms with Gasteiger partial charge in [-0.3, -0.25) is 9.74 Å². The molecule has 19 heavy (non-hydrogen) atoms. The molecule has 4 nitrogen and oxygen atoms in total. The van der Waals surface area contributed by atoms with Crippen molar-refractivity contribution in [2.45, 2.75) is 37.8 Å². The molecule has 0 amide bonds. The first kappa shape index (κ1) is 12.9. The molecule has 1 heterocycles. The molecule has 4 heteroatoms. The summed E-state index contributed by atoms with van der Waals surface area (Å²) in [5, 5.41) is 0. The van der Waals surface area contributed by atoms with E-state index in [-0.39, 0.29) is 6.10 Å². The van der Waals surface area contributed by atoms with Gasteiger partial charge in [0.15, 0.2) is 0 Å². The van der Waals surface area contributed by atoms with Gasteiger partial charge < -0.3 is 4.74 Å². The summed E-state index contributed by atoms with van der Waals surface area (Å²) in [5.74, 6) is 6.34. The summed E-state index contributed by atoms with van der Waals surface area (Å²) in [6.07, 6.45) is 4.70. The van der Waals surface area contributed by atoms with Gasteiger partial charge in [-0.2, -0.15) is 0 Å². The minimum Gasteiger partial charge on any atom is -0.496 e. The van der Waals surface area contributed by atoms with E-state index in [4.69, 9.17) is 15.5 Å². The summed E-state index contributed by atoms with van der Waals surface area (Å²) in [5.41, 5.74) is 2.83. The SMILES string of the molecule is COc1cccc2c1CC(N1CCC(ON)C1)CC2. The molecule has 2 unspecified atom stereocenters. The molecular weight excluding hydrogens is 240 g/mol. The van der Waals surface area contributed by atoms with Crippen molar-refractivity contribution in [3.8, 4) is 5.75 Å². The lowest BCUT2D eigenvalue weighted by Gasteiger charge is -2.33. The second-order valence-electron chi connectivity index (χ2n) is 5.54. The zero-order valence-electron chi connectivity index (χ0n) is 11.5. The van der Waals surface area contributed by atoms with Crippen molar-refractivity contribution in [2.75, 3.05) is 20.2 Å². The van der Waals surface area contributed by atoms with Crippen molar-refractivity contribution in [3.63, 3.8) is 0 Å². The summed E-state index contributed by atoms with van der Waals surface area (Å²) < 4.78 is 5.50. The maximum Gasteiger partial charge on any atom is 0.122 e. The Morgan fingerprint density at radius 1 is 1.32 bits per heavy atom. The number of hydrogen-bond acceptors (Lipinski definition) is 4. The van der Waals surface area contributed by atoms with Crippen molar-refractivity contribution in [1.82, 2.24) is 4.90 Å². The van der Waals surface area contributed by atoms with Crippen molar-refractivity contribution < 1.29 is 9.57 Å². The van der Waals surface area contributed by atoms with Gasteiger partial charge in [-0.25, -0.2) is 5.90 Å². The van der Waals surface area contributed by atoms with Gasteiger partial charge in [0.2, 0.25) is 0 Å². The van der Waals surface area contributed by atoms with Gasteiger partial charge in [0.05, 0.1) is 13.2 Å². The van der Waals surface area contributed by atoms with Crippen LogP contribution in [-0.4, -0.2) is 37.2 Å². The third-order valence-corrected chi connectivity index (χ3v) is 4.52. The highest BCUT2D eigenvalue weighted by molar-refractivity contribution is 5.42. The van der Waals surface area contributed by atoms with Gasteiger partial charge in [0.25, 0.3) is 0 Å². The average molecular weight is 262 g/mol. The van der Waals surface area contributed by atoms with Crippen molar-refractivity contribution in [3.05, 3.63) is 29.3 Å². The molecule has 1 saturated heterocycles. The molecular formula is C15H22N2O2. The number of nitrogens with two attached hydrogens (primary N) is 1. The minimum atomic E-state index is 0.207. The molecule has 2 N–H and O–H groups in total. The molecule has 1 fully saturated rings. The monoisotopic (exact) mass is 262 g/mol. The Morgan fingerprint density at radius 2 is 2.21 bits per heavy atom. The first-order chi connectivity index (χ1) is 9.31. The van der Waals surface area contributed by atoms with Gasteiger partial charge in [-0.05, 0) is 42.9 Å². The normalized spacial score (nSPS) is 27.3. The van der Waals surface area contributed by atoms with Gasteiger partial charge in [-0.15, -0.1) is 0 Å². The van der Waals surface area contributed by atoms with Crippen LogP contribution in [0, 0.1) is 0 Å². The maximum atomic E-state index is 5.50. The van der Waals surface area contributed by atoms with Crippen LogP contribution < -0.4 is 10.6 Å². The molecule has 0 bridgehead atoms. The lowest BCUT2D eigenvalue weighted by molar-refractivity contribution is 0.0544. The first-order valence-electron chi connectivity index (χ1n) is 7.06. The molecule has 3 rings (SSSR count). The number of hydrogen-bond donors (Lipinski definition) is 1. The van der Waals surface area contributed by atoms with E-state index < -0.39 is 0 Å². The highest BCUT2D eigenvalue weighted by Gasteiger charge is 2.31. The van der Waals surface area contributed by atoms with Crippen molar-refractivity contribution in [1.29, 1.82) is 0 Å². The number of methoxy groups -OCH3 is 1. The van der Waals surface area contributed by atoms with Gasteiger partial charge in [-0.1, -0.05) is 12.1 Å². The number of ether oxygens (including phenoxy) is 1. The molecule has 1 aromatic carbocycles. The number of rotatable bonds is 3. The Kier molecular flexibility index (Phi) is 3.73. The predicted octanol–water partition coefficient (Wildman–Crippen LogP) is 1.52. The van der Waals surface area contributed by atoms with Crippen LogP contribution in [0.1, 0.15) is 24.0 Å². The van der Waals surface area contributed by atoms with Gasteiger partial charge >= 0.3 is 0 Å². The average Bonchev–Trinajstić information content (AvgIpc) is 2.95. The molecule has 2 atom stereocenters. The Bertz CT molecular complexity index is 436. The highest BCUT2D eigenvalue weighted by Crippen LogP contribution is 2.32. The highest BCUT2D eigenvalue weighted by atomic mass is 16.6. The number of likely N-dealkylation sites (tertiary alicyclic amines) is 1. The minimum absolute atomic E-state index is 0.207. The fraction of sp³-hybridized carbons (Fsp3) is 0.600. The van der Waals surface area contributed by atoms with Crippen LogP contribution in [0.15, 0.2) is 18.2 Å². The van der Waals surface area contributed by atoms with Crippen LogP contribution in [0.2, 0.25) is 0 Å². The van der Waals surface area contributed by atoms with Crippen LogP contribution in [0.3, 0.4) is 0 Å². The topological polar surface area (TPSA) is 47.7 Å². The van der Waals surface area contributed by atoms with E-state index in [1.807, 2.05) is 0 Å². The summed E-state index contributed by atoms with van der Waals surface area (Å²) in [6.45, 7) is 2.06. The second-order valence-corrected chi connectivity index (χ2v) is 5.54. The third kappa shape index (κ3) is 2.48. The fourth-order valence-electron chi connectivity index (χ4n) is 3.44. The summed E-state index contributed by atoms with van der Waals surface area (Å²) in [7, 11) is 1.76. The molecule has 0 saturated carbocycles. The third-order valence-electron chi connectivity index (χ3n) is 4.52. The van der Waals surface area contributed by atoms with Crippen LogP contribution in [0.5, 0.6) is 5.75 Å².